The molecule has 0 fully saturated rings. The van der Waals surface area contributed by atoms with E-state index in [1.807, 2.05) is 12.4 Å². The van der Waals surface area contributed by atoms with Crippen LogP contribution in [0, 0.1) is 0 Å². The molecule has 2 N–H and O–H groups in total. The first-order chi connectivity index (χ1) is 7.22. The Morgan fingerprint density at radius 3 is 2.60 bits per heavy atom. The van der Waals surface area contributed by atoms with Crippen LogP contribution in [0.25, 0.3) is 0 Å². The van der Waals surface area contributed by atoms with Gasteiger partial charge in [-0.2, -0.15) is 0 Å². The molecule has 1 aromatic rings. The van der Waals surface area contributed by atoms with Gasteiger partial charge in [-0.15, -0.1) is 0 Å². The van der Waals surface area contributed by atoms with E-state index in [1.165, 1.54) is 5.56 Å². The predicted octanol–water partition coefficient (Wildman–Crippen LogP) is 1.64. The fraction of sp³-hybridized carbons (Fsp3) is 0.583. The minimum atomic E-state index is 0.288. The quantitative estimate of drug-likeness (QED) is 0.771. The van der Waals surface area contributed by atoms with Crippen molar-refractivity contribution < 1.29 is 0 Å². The molecule has 0 saturated heterocycles. The van der Waals surface area contributed by atoms with Gasteiger partial charge in [0, 0.05) is 25.0 Å². The summed E-state index contributed by atoms with van der Waals surface area (Å²) in [5.74, 6) is 0. The van der Waals surface area contributed by atoms with Crippen molar-refractivity contribution in [3.8, 4) is 0 Å². The lowest BCUT2D eigenvalue weighted by molar-refractivity contribution is 0.270. The lowest BCUT2D eigenvalue weighted by Crippen LogP contribution is -2.28. The van der Waals surface area contributed by atoms with E-state index in [4.69, 9.17) is 5.73 Å². The number of rotatable bonds is 6. The highest BCUT2D eigenvalue weighted by Gasteiger charge is 2.04. The number of hydrogen-bond donors (Lipinski definition) is 1. The minimum absolute atomic E-state index is 0.288. The first kappa shape index (κ1) is 12.1. The number of nitrogens with two attached hydrogens (primary N) is 1. The summed E-state index contributed by atoms with van der Waals surface area (Å²) in [7, 11) is 0. The Balaban J connectivity index is 2.40. The summed E-state index contributed by atoms with van der Waals surface area (Å²) >= 11 is 0. The van der Waals surface area contributed by atoms with Gasteiger partial charge in [0.15, 0.2) is 0 Å². The molecule has 3 nitrogen and oxygen atoms in total. The summed E-state index contributed by atoms with van der Waals surface area (Å²) in [6, 6.07) is 4.42. The number of nitrogens with zero attached hydrogens (tertiary/aromatic N) is 2. The van der Waals surface area contributed by atoms with Crippen LogP contribution >= 0.6 is 0 Å². The minimum Gasteiger partial charge on any atom is -0.328 e. The smallest absolute Gasteiger partial charge is 0.0271 e. The van der Waals surface area contributed by atoms with E-state index in [0.717, 1.165) is 26.1 Å². The molecule has 0 saturated carbocycles. The Hall–Kier alpha value is -0.930. The third kappa shape index (κ3) is 4.91. The maximum Gasteiger partial charge on any atom is 0.0271 e. The Kier molecular flexibility index (Phi) is 5.29. The molecule has 0 amide bonds. The zero-order valence-electron chi connectivity index (χ0n) is 9.69. The maximum absolute atomic E-state index is 5.75. The molecule has 1 aromatic heterocycles. The molecule has 3 heteroatoms. The molecular weight excluding hydrogens is 186 g/mol. The summed E-state index contributed by atoms with van der Waals surface area (Å²) in [6.07, 6.45) is 4.74. The lowest BCUT2D eigenvalue weighted by Gasteiger charge is -2.21. The molecule has 0 aliphatic rings. The van der Waals surface area contributed by atoms with Crippen molar-refractivity contribution in [1.82, 2.24) is 9.88 Å². The molecule has 0 aromatic carbocycles. The molecule has 0 aliphatic heterocycles. The molecule has 1 rings (SSSR count). The third-order valence-electron chi connectivity index (χ3n) is 2.50. The maximum atomic E-state index is 5.75. The summed E-state index contributed by atoms with van der Waals surface area (Å²) < 4.78 is 0. The van der Waals surface area contributed by atoms with E-state index >= 15 is 0 Å². The van der Waals surface area contributed by atoms with E-state index < -0.39 is 0 Å². The van der Waals surface area contributed by atoms with Gasteiger partial charge in [-0.1, -0.05) is 6.92 Å². The fourth-order valence-electron chi connectivity index (χ4n) is 1.48. The van der Waals surface area contributed by atoms with E-state index in [2.05, 4.69) is 35.9 Å². The van der Waals surface area contributed by atoms with Crippen molar-refractivity contribution >= 4 is 0 Å². The van der Waals surface area contributed by atoms with Crippen molar-refractivity contribution in [3.63, 3.8) is 0 Å². The van der Waals surface area contributed by atoms with Gasteiger partial charge in [-0.05, 0) is 44.1 Å². The molecule has 0 spiro atoms. The Morgan fingerprint density at radius 2 is 2.07 bits per heavy atom. The van der Waals surface area contributed by atoms with Gasteiger partial charge >= 0.3 is 0 Å². The van der Waals surface area contributed by atoms with E-state index in [1.54, 1.807) is 0 Å². The van der Waals surface area contributed by atoms with Crippen LogP contribution in [0.2, 0.25) is 0 Å². The van der Waals surface area contributed by atoms with Crippen molar-refractivity contribution in [2.24, 2.45) is 5.73 Å². The van der Waals surface area contributed by atoms with Gasteiger partial charge < -0.3 is 5.73 Å². The molecule has 1 unspecified atom stereocenters. The molecule has 0 radical (unpaired) electrons. The van der Waals surface area contributed by atoms with Crippen molar-refractivity contribution in [2.75, 3.05) is 13.1 Å². The molecule has 15 heavy (non-hydrogen) atoms. The summed E-state index contributed by atoms with van der Waals surface area (Å²) in [4.78, 5) is 6.42. The fourth-order valence-corrected chi connectivity index (χ4v) is 1.48. The standard InChI is InChI=1S/C12H21N3/c1-3-15(9-6-11(2)13)10-12-4-7-14-8-5-12/h4-5,7-8,11H,3,6,9-10,13H2,1-2H3. The van der Waals surface area contributed by atoms with Gasteiger partial charge in [-0.3, -0.25) is 9.88 Å². The molecule has 1 heterocycles. The van der Waals surface area contributed by atoms with Gasteiger partial charge in [0.1, 0.15) is 0 Å². The largest absolute Gasteiger partial charge is 0.328 e. The molecule has 0 aliphatic carbocycles. The van der Waals surface area contributed by atoms with Crippen molar-refractivity contribution in [3.05, 3.63) is 30.1 Å². The second-order valence-electron chi connectivity index (χ2n) is 3.99. The van der Waals surface area contributed by atoms with Crippen LogP contribution in [0.1, 0.15) is 25.8 Å². The van der Waals surface area contributed by atoms with E-state index in [-0.39, 0.29) is 6.04 Å². The number of pyridine rings is 1. The zero-order chi connectivity index (χ0) is 11.1. The van der Waals surface area contributed by atoms with Crippen molar-refractivity contribution in [1.29, 1.82) is 0 Å². The topological polar surface area (TPSA) is 42.1 Å². The van der Waals surface area contributed by atoms with Gasteiger partial charge in [-0.25, -0.2) is 0 Å². The van der Waals surface area contributed by atoms with Crippen LogP contribution in [-0.2, 0) is 6.54 Å². The summed E-state index contributed by atoms with van der Waals surface area (Å²) in [5.41, 5.74) is 7.07. The Morgan fingerprint density at radius 1 is 1.40 bits per heavy atom. The highest BCUT2D eigenvalue weighted by Crippen LogP contribution is 2.04. The second kappa shape index (κ2) is 6.53. The molecule has 84 valence electrons. The first-order valence-corrected chi connectivity index (χ1v) is 5.59. The van der Waals surface area contributed by atoms with E-state index in [0.29, 0.717) is 0 Å². The third-order valence-corrected chi connectivity index (χ3v) is 2.50. The lowest BCUT2D eigenvalue weighted by atomic mass is 10.2. The zero-order valence-corrected chi connectivity index (χ0v) is 9.69. The van der Waals surface area contributed by atoms with Crippen molar-refractivity contribution in [2.45, 2.75) is 32.9 Å². The highest BCUT2D eigenvalue weighted by atomic mass is 15.1. The molecule has 0 bridgehead atoms. The molecular formula is C12H21N3. The van der Waals surface area contributed by atoms with Crippen LogP contribution in [0.15, 0.2) is 24.5 Å². The summed E-state index contributed by atoms with van der Waals surface area (Å²) in [6.45, 7) is 7.36. The van der Waals surface area contributed by atoms with Gasteiger partial charge in [0.25, 0.3) is 0 Å². The number of hydrogen-bond acceptors (Lipinski definition) is 3. The van der Waals surface area contributed by atoms with E-state index in [9.17, 15) is 0 Å². The highest BCUT2D eigenvalue weighted by molar-refractivity contribution is 5.09. The first-order valence-electron chi connectivity index (χ1n) is 5.59. The van der Waals surface area contributed by atoms with Crippen LogP contribution in [0.5, 0.6) is 0 Å². The van der Waals surface area contributed by atoms with Gasteiger partial charge in [0.2, 0.25) is 0 Å². The monoisotopic (exact) mass is 207 g/mol. The van der Waals surface area contributed by atoms with Crippen LogP contribution in [0.3, 0.4) is 0 Å². The summed E-state index contributed by atoms with van der Waals surface area (Å²) in [5, 5.41) is 0. The average molecular weight is 207 g/mol. The predicted molar refractivity (Wildman–Crippen MR) is 63.5 cm³/mol. The molecule has 1 atom stereocenters. The number of aromatic nitrogens is 1. The Labute approximate surface area is 92.3 Å². The van der Waals surface area contributed by atoms with Gasteiger partial charge in [0.05, 0.1) is 0 Å². The normalized spacial score (nSPS) is 13.1. The van der Waals surface area contributed by atoms with Crippen LogP contribution in [0.4, 0.5) is 0 Å². The second-order valence-corrected chi connectivity index (χ2v) is 3.99. The van der Waals surface area contributed by atoms with Crippen LogP contribution < -0.4 is 5.73 Å². The van der Waals surface area contributed by atoms with Crippen LogP contribution in [-0.4, -0.2) is 29.0 Å². The Bertz CT molecular complexity index is 259. The SMILES string of the molecule is CCN(CCC(C)N)Cc1ccncc1. The average Bonchev–Trinajstić information content (AvgIpc) is 2.25.